The standard InChI is InChI=1S/C14H22N6O2/c1-11-8-16-20(9-11)5-4-13(21)17-12(2)14-18-15-10-19(14)6-7-22-3/h8-10,12H,4-7H2,1-3H3,(H,17,21). The summed E-state index contributed by atoms with van der Waals surface area (Å²) in [5.74, 6) is 0.683. The predicted octanol–water partition coefficient (Wildman–Crippen LogP) is 0.697. The van der Waals surface area contributed by atoms with Crippen LogP contribution < -0.4 is 5.32 Å². The first-order valence-electron chi connectivity index (χ1n) is 7.25. The van der Waals surface area contributed by atoms with Crippen LogP contribution in [0.2, 0.25) is 0 Å². The van der Waals surface area contributed by atoms with Crippen molar-refractivity contribution in [3.8, 4) is 0 Å². The van der Waals surface area contributed by atoms with Gasteiger partial charge in [-0.25, -0.2) is 0 Å². The van der Waals surface area contributed by atoms with Crippen molar-refractivity contribution >= 4 is 5.91 Å². The first-order chi connectivity index (χ1) is 10.6. The minimum Gasteiger partial charge on any atom is -0.383 e. The number of rotatable bonds is 8. The van der Waals surface area contributed by atoms with Crippen molar-refractivity contribution in [2.24, 2.45) is 0 Å². The molecule has 0 bridgehead atoms. The van der Waals surface area contributed by atoms with Crippen molar-refractivity contribution in [3.63, 3.8) is 0 Å². The van der Waals surface area contributed by atoms with Gasteiger partial charge >= 0.3 is 0 Å². The fourth-order valence-corrected chi connectivity index (χ4v) is 2.14. The van der Waals surface area contributed by atoms with Crippen LogP contribution >= 0.6 is 0 Å². The number of carbonyl (C=O) groups is 1. The maximum absolute atomic E-state index is 12.0. The third-order valence-corrected chi connectivity index (χ3v) is 3.28. The van der Waals surface area contributed by atoms with Crippen LogP contribution in [0.5, 0.6) is 0 Å². The molecule has 0 saturated carbocycles. The molecule has 1 amide bonds. The van der Waals surface area contributed by atoms with Crippen LogP contribution in [-0.4, -0.2) is 44.2 Å². The van der Waals surface area contributed by atoms with Crippen molar-refractivity contribution in [2.75, 3.05) is 13.7 Å². The summed E-state index contributed by atoms with van der Waals surface area (Å²) < 4.78 is 8.69. The second-order valence-electron chi connectivity index (χ2n) is 5.20. The summed E-state index contributed by atoms with van der Waals surface area (Å²) in [7, 11) is 1.65. The fraction of sp³-hybridized carbons (Fsp3) is 0.571. The lowest BCUT2D eigenvalue weighted by Gasteiger charge is -2.14. The lowest BCUT2D eigenvalue weighted by molar-refractivity contribution is -0.122. The number of amides is 1. The van der Waals surface area contributed by atoms with Crippen LogP contribution in [0.4, 0.5) is 0 Å². The quantitative estimate of drug-likeness (QED) is 0.775. The molecule has 1 atom stereocenters. The van der Waals surface area contributed by atoms with Gasteiger partial charge in [-0.1, -0.05) is 0 Å². The zero-order chi connectivity index (χ0) is 15.9. The molecule has 0 aromatic carbocycles. The summed E-state index contributed by atoms with van der Waals surface area (Å²) in [6.07, 6.45) is 5.71. The van der Waals surface area contributed by atoms with E-state index in [4.69, 9.17) is 4.74 Å². The normalized spacial score (nSPS) is 12.3. The van der Waals surface area contributed by atoms with Crippen LogP contribution in [0, 0.1) is 6.92 Å². The molecule has 22 heavy (non-hydrogen) atoms. The number of nitrogens with one attached hydrogen (secondary N) is 1. The highest BCUT2D eigenvalue weighted by Crippen LogP contribution is 2.09. The molecule has 120 valence electrons. The summed E-state index contributed by atoms with van der Waals surface area (Å²) in [6.45, 7) is 5.65. The Morgan fingerprint density at radius 3 is 2.95 bits per heavy atom. The second-order valence-corrected chi connectivity index (χ2v) is 5.20. The number of aromatic nitrogens is 5. The van der Waals surface area contributed by atoms with E-state index in [1.165, 1.54) is 0 Å². The molecule has 0 spiro atoms. The summed E-state index contributed by atoms with van der Waals surface area (Å²) in [4.78, 5) is 12.0. The molecule has 1 unspecified atom stereocenters. The number of ether oxygens (including phenoxy) is 1. The van der Waals surface area contributed by atoms with Crippen LogP contribution in [0.3, 0.4) is 0 Å². The third kappa shape index (κ3) is 4.39. The largest absolute Gasteiger partial charge is 0.383 e. The van der Waals surface area contributed by atoms with Gasteiger partial charge in [-0.3, -0.25) is 9.48 Å². The van der Waals surface area contributed by atoms with Gasteiger partial charge in [0.2, 0.25) is 5.91 Å². The molecule has 8 nitrogen and oxygen atoms in total. The summed E-state index contributed by atoms with van der Waals surface area (Å²) in [5.41, 5.74) is 1.08. The molecule has 0 aliphatic rings. The molecule has 0 saturated heterocycles. The number of nitrogens with zero attached hydrogens (tertiary/aromatic N) is 5. The van der Waals surface area contributed by atoms with Gasteiger partial charge in [0.25, 0.3) is 0 Å². The number of hydrogen-bond donors (Lipinski definition) is 1. The smallest absolute Gasteiger partial charge is 0.222 e. The second kappa shape index (κ2) is 7.69. The Kier molecular flexibility index (Phi) is 5.65. The lowest BCUT2D eigenvalue weighted by atomic mass is 10.3. The van der Waals surface area contributed by atoms with Crippen molar-refractivity contribution in [3.05, 3.63) is 30.1 Å². The zero-order valence-corrected chi connectivity index (χ0v) is 13.2. The number of hydrogen-bond acceptors (Lipinski definition) is 5. The van der Waals surface area contributed by atoms with E-state index in [1.807, 2.05) is 24.6 Å². The molecule has 2 aromatic heterocycles. The highest BCUT2D eigenvalue weighted by Gasteiger charge is 2.15. The van der Waals surface area contributed by atoms with Gasteiger partial charge in [0.05, 0.1) is 18.8 Å². The van der Waals surface area contributed by atoms with Crippen molar-refractivity contribution in [2.45, 2.75) is 39.4 Å². The Morgan fingerprint density at radius 1 is 1.45 bits per heavy atom. The van der Waals surface area contributed by atoms with E-state index >= 15 is 0 Å². The van der Waals surface area contributed by atoms with Gasteiger partial charge in [0.15, 0.2) is 5.82 Å². The SMILES string of the molecule is COCCn1cnnc1C(C)NC(=O)CCn1cc(C)cn1. The van der Waals surface area contributed by atoms with E-state index in [9.17, 15) is 4.79 Å². The zero-order valence-electron chi connectivity index (χ0n) is 13.2. The van der Waals surface area contributed by atoms with Crippen LogP contribution in [0.15, 0.2) is 18.7 Å². The summed E-state index contributed by atoms with van der Waals surface area (Å²) >= 11 is 0. The van der Waals surface area contributed by atoms with E-state index in [-0.39, 0.29) is 11.9 Å². The summed E-state index contributed by atoms with van der Waals surface area (Å²) in [5, 5.41) is 15.1. The molecular weight excluding hydrogens is 284 g/mol. The molecule has 0 aliphatic heterocycles. The first-order valence-corrected chi connectivity index (χ1v) is 7.25. The highest BCUT2D eigenvalue weighted by atomic mass is 16.5. The number of carbonyl (C=O) groups excluding carboxylic acids is 1. The van der Waals surface area contributed by atoms with Crippen molar-refractivity contribution in [1.29, 1.82) is 0 Å². The maximum atomic E-state index is 12.0. The maximum Gasteiger partial charge on any atom is 0.222 e. The Labute approximate surface area is 129 Å². The van der Waals surface area contributed by atoms with E-state index in [0.717, 1.165) is 11.4 Å². The van der Waals surface area contributed by atoms with Gasteiger partial charge < -0.3 is 14.6 Å². The highest BCUT2D eigenvalue weighted by molar-refractivity contribution is 5.76. The topological polar surface area (TPSA) is 86.9 Å². The molecule has 2 aromatic rings. The third-order valence-electron chi connectivity index (χ3n) is 3.28. The average Bonchev–Trinajstić information content (AvgIpc) is 3.11. The average molecular weight is 306 g/mol. The molecule has 1 N–H and O–H groups in total. The Morgan fingerprint density at radius 2 is 2.27 bits per heavy atom. The first kappa shape index (κ1) is 16.2. The van der Waals surface area contributed by atoms with Gasteiger partial charge in [0.1, 0.15) is 6.33 Å². The Hall–Kier alpha value is -2.22. The number of methoxy groups -OCH3 is 1. The van der Waals surface area contributed by atoms with E-state index < -0.39 is 0 Å². The summed E-state index contributed by atoms with van der Waals surface area (Å²) in [6, 6.07) is -0.203. The predicted molar refractivity (Wildman–Crippen MR) is 80.0 cm³/mol. The minimum atomic E-state index is -0.203. The molecule has 2 rings (SSSR count). The molecular formula is C14H22N6O2. The van der Waals surface area contributed by atoms with Crippen LogP contribution in [-0.2, 0) is 22.6 Å². The monoisotopic (exact) mass is 306 g/mol. The molecule has 0 fully saturated rings. The number of aryl methyl sites for hydroxylation is 2. The molecule has 0 aliphatic carbocycles. The minimum absolute atomic E-state index is 0.0399. The van der Waals surface area contributed by atoms with Gasteiger partial charge in [-0.05, 0) is 19.4 Å². The van der Waals surface area contributed by atoms with E-state index in [0.29, 0.717) is 26.1 Å². The molecule has 0 radical (unpaired) electrons. The van der Waals surface area contributed by atoms with Crippen LogP contribution in [0.25, 0.3) is 0 Å². The van der Waals surface area contributed by atoms with Crippen LogP contribution in [0.1, 0.15) is 30.8 Å². The molecule has 2 heterocycles. The molecule has 8 heteroatoms. The van der Waals surface area contributed by atoms with Gasteiger partial charge in [-0.15, -0.1) is 10.2 Å². The van der Waals surface area contributed by atoms with E-state index in [1.54, 1.807) is 24.3 Å². The van der Waals surface area contributed by atoms with E-state index in [2.05, 4.69) is 20.6 Å². The lowest BCUT2D eigenvalue weighted by Crippen LogP contribution is -2.29. The van der Waals surface area contributed by atoms with Gasteiger partial charge in [0, 0.05) is 32.8 Å². The van der Waals surface area contributed by atoms with Gasteiger partial charge in [-0.2, -0.15) is 5.10 Å². The van der Waals surface area contributed by atoms with Crippen molar-refractivity contribution < 1.29 is 9.53 Å². The Balaban J connectivity index is 1.84. The Bertz CT molecular complexity index is 606. The van der Waals surface area contributed by atoms with Crippen molar-refractivity contribution in [1.82, 2.24) is 29.9 Å². The fourth-order valence-electron chi connectivity index (χ4n) is 2.14.